The first-order valence-corrected chi connectivity index (χ1v) is 6.21. The van der Waals surface area contributed by atoms with Crippen molar-refractivity contribution in [3.05, 3.63) is 35.7 Å². The van der Waals surface area contributed by atoms with Gasteiger partial charge in [0.25, 0.3) is 5.91 Å². The lowest BCUT2D eigenvalue weighted by Gasteiger charge is -2.10. The van der Waals surface area contributed by atoms with Gasteiger partial charge >= 0.3 is 0 Å². The first-order valence-electron chi connectivity index (χ1n) is 6.21. The highest BCUT2D eigenvalue weighted by atomic mass is 16.5. The number of nitrogens with zero attached hydrogens (tertiary/aromatic N) is 2. The quantitative estimate of drug-likeness (QED) is 0.651. The molecule has 1 fully saturated rings. The molecule has 1 aromatic heterocycles. The van der Waals surface area contributed by atoms with Gasteiger partial charge in [-0.3, -0.25) is 9.78 Å². The van der Waals surface area contributed by atoms with Crippen LogP contribution in [0.1, 0.15) is 18.4 Å². The van der Waals surface area contributed by atoms with Crippen molar-refractivity contribution in [1.82, 2.24) is 10.3 Å². The summed E-state index contributed by atoms with van der Waals surface area (Å²) >= 11 is 0. The number of carbonyl (C=O) groups is 1. The Kier molecular flexibility index (Phi) is 4.65. The highest BCUT2D eigenvalue weighted by Crippen LogP contribution is 2.11. The number of rotatable bonds is 4. The average molecular weight is 257 g/mol. The summed E-state index contributed by atoms with van der Waals surface area (Å²) in [4.78, 5) is 15.7. The summed E-state index contributed by atoms with van der Waals surface area (Å²) in [6.07, 6.45) is 6.84. The minimum absolute atomic E-state index is 0.0739. The highest BCUT2D eigenvalue weighted by molar-refractivity contribution is 6.01. The van der Waals surface area contributed by atoms with E-state index in [9.17, 15) is 4.79 Å². The number of amides is 1. The molecule has 0 aliphatic carbocycles. The second-order valence-corrected chi connectivity index (χ2v) is 4.30. The molecular weight excluding hydrogens is 242 g/mol. The van der Waals surface area contributed by atoms with Gasteiger partial charge in [0.1, 0.15) is 11.6 Å². The van der Waals surface area contributed by atoms with Crippen LogP contribution in [0.2, 0.25) is 0 Å². The number of carbonyl (C=O) groups excluding carboxylic acids is 1. The van der Waals surface area contributed by atoms with Crippen molar-refractivity contribution in [2.24, 2.45) is 0 Å². The molecule has 1 aromatic rings. The Bertz CT molecular complexity index is 499. The van der Waals surface area contributed by atoms with E-state index in [0.717, 1.165) is 25.0 Å². The zero-order chi connectivity index (χ0) is 13.5. The molecule has 19 heavy (non-hydrogen) atoms. The third kappa shape index (κ3) is 3.90. The van der Waals surface area contributed by atoms with Crippen LogP contribution in [-0.4, -0.2) is 30.1 Å². The molecule has 1 aliphatic rings. The van der Waals surface area contributed by atoms with Crippen LogP contribution < -0.4 is 5.32 Å². The number of hydrogen-bond donors (Lipinski definition) is 1. The minimum Gasteiger partial charge on any atom is -0.376 e. The zero-order valence-corrected chi connectivity index (χ0v) is 10.5. The van der Waals surface area contributed by atoms with Crippen LogP contribution in [0.15, 0.2) is 30.1 Å². The van der Waals surface area contributed by atoms with Gasteiger partial charge in [0, 0.05) is 25.5 Å². The summed E-state index contributed by atoms with van der Waals surface area (Å²) in [5.41, 5.74) is 0.864. The summed E-state index contributed by atoms with van der Waals surface area (Å²) in [7, 11) is 0. The average Bonchev–Trinajstić information content (AvgIpc) is 2.96. The summed E-state index contributed by atoms with van der Waals surface area (Å²) in [5, 5.41) is 11.7. The van der Waals surface area contributed by atoms with Crippen molar-refractivity contribution in [2.45, 2.75) is 18.9 Å². The number of aromatic nitrogens is 1. The lowest BCUT2D eigenvalue weighted by Crippen LogP contribution is -2.32. The van der Waals surface area contributed by atoms with E-state index in [1.165, 1.54) is 0 Å². The fourth-order valence-electron chi connectivity index (χ4n) is 1.88. The molecule has 0 saturated carbocycles. The summed E-state index contributed by atoms with van der Waals surface area (Å²) in [6, 6.07) is 5.40. The second kappa shape index (κ2) is 6.66. The molecule has 0 radical (unpaired) electrons. The summed E-state index contributed by atoms with van der Waals surface area (Å²) in [6.45, 7) is 1.20. The van der Waals surface area contributed by atoms with Gasteiger partial charge in [-0.25, -0.2) is 0 Å². The van der Waals surface area contributed by atoms with Gasteiger partial charge in [-0.1, -0.05) is 0 Å². The van der Waals surface area contributed by atoms with Crippen molar-refractivity contribution < 1.29 is 9.53 Å². The van der Waals surface area contributed by atoms with Gasteiger partial charge in [-0.2, -0.15) is 5.26 Å². The molecule has 0 spiro atoms. The fourth-order valence-corrected chi connectivity index (χ4v) is 1.88. The number of pyridine rings is 1. The van der Waals surface area contributed by atoms with E-state index < -0.39 is 0 Å². The van der Waals surface area contributed by atoms with Gasteiger partial charge in [-0.05, 0) is 36.6 Å². The molecule has 2 rings (SSSR count). The van der Waals surface area contributed by atoms with Crippen LogP contribution in [0.4, 0.5) is 0 Å². The molecule has 0 aromatic carbocycles. The Labute approximate surface area is 111 Å². The molecule has 1 N–H and O–H groups in total. The molecule has 1 saturated heterocycles. The Hall–Kier alpha value is -2.19. The zero-order valence-electron chi connectivity index (χ0n) is 10.5. The topological polar surface area (TPSA) is 75.0 Å². The molecule has 0 unspecified atom stereocenters. The van der Waals surface area contributed by atoms with Gasteiger partial charge in [0.2, 0.25) is 0 Å². The van der Waals surface area contributed by atoms with Gasteiger partial charge in [-0.15, -0.1) is 0 Å². The van der Waals surface area contributed by atoms with Gasteiger partial charge < -0.3 is 10.1 Å². The largest absolute Gasteiger partial charge is 0.376 e. The van der Waals surface area contributed by atoms with Crippen molar-refractivity contribution in [1.29, 1.82) is 5.26 Å². The van der Waals surface area contributed by atoms with E-state index >= 15 is 0 Å². The first kappa shape index (κ1) is 13.2. The maximum absolute atomic E-state index is 11.9. The molecule has 98 valence electrons. The lowest BCUT2D eigenvalue weighted by atomic mass is 10.1. The SMILES string of the molecule is N#C/C(=C\c1ccncc1)C(=O)NC[C@H]1CCCO1. The third-order valence-electron chi connectivity index (χ3n) is 2.90. The van der Waals surface area contributed by atoms with Crippen LogP contribution in [0.3, 0.4) is 0 Å². The highest BCUT2D eigenvalue weighted by Gasteiger charge is 2.17. The number of nitrogens with one attached hydrogen (secondary N) is 1. The van der Waals surface area contributed by atoms with Crippen LogP contribution in [-0.2, 0) is 9.53 Å². The summed E-state index contributed by atoms with van der Waals surface area (Å²) in [5.74, 6) is -0.366. The maximum atomic E-state index is 11.9. The molecule has 1 aliphatic heterocycles. The standard InChI is InChI=1S/C14H15N3O2/c15-9-12(8-11-3-5-16-6-4-11)14(18)17-10-13-2-1-7-19-13/h3-6,8,13H,1-2,7,10H2,(H,17,18)/b12-8+/t13-/m1/s1. The molecule has 1 atom stereocenters. The van der Waals surface area contributed by atoms with Gasteiger partial charge in [0.15, 0.2) is 0 Å². The van der Waals surface area contributed by atoms with E-state index in [1.54, 1.807) is 30.6 Å². The van der Waals surface area contributed by atoms with E-state index in [1.807, 2.05) is 6.07 Å². The third-order valence-corrected chi connectivity index (χ3v) is 2.90. The van der Waals surface area contributed by atoms with E-state index in [-0.39, 0.29) is 17.6 Å². The monoisotopic (exact) mass is 257 g/mol. The Balaban J connectivity index is 1.95. The van der Waals surface area contributed by atoms with Crippen LogP contribution in [0, 0.1) is 11.3 Å². The summed E-state index contributed by atoms with van der Waals surface area (Å²) < 4.78 is 5.41. The lowest BCUT2D eigenvalue weighted by molar-refractivity contribution is -0.117. The number of nitriles is 1. The molecule has 5 heteroatoms. The van der Waals surface area contributed by atoms with E-state index in [0.29, 0.717) is 6.54 Å². The number of hydrogen-bond acceptors (Lipinski definition) is 4. The van der Waals surface area contributed by atoms with Crippen molar-refractivity contribution in [3.63, 3.8) is 0 Å². The van der Waals surface area contributed by atoms with Crippen molar-refractivity contribution >= 4 is 12.0 Å². The predicted octanol–water partition coefficient (Wildman–Crippen LogP) is 1.28. The molecule has 2 heterocycles. The molecule has 1 amide bonds. The van der Waals surface area contributed by atoms with E-state index in [2.05, 4.69) is 10.3 Å². The maximum Gasteiger partial charge on any atom is 0.262 e. The normalized spacial score (nSPS) is 18.9. The Morgan fingerprint density at radius 1 is 1.58 bits per heavy atom. The second-order valence-electron chi connectivity index (χ2n) is 4.30. The molecule has 5 nitrogen and oxygen atoms in total. The van der Waals surface area contributed by atoms with E-state index in [4.69, 9.17) is 10.00 Å². The van der Waals surface area contributed by atoms with Crippen molar-refractivity contribution in [2.75, 3.05) is 13.2 Å². The minimum atomic E-state index is -0.366. The fraction of sp³-hybridized carbons (Fsp3) is 0.357. The molecule has 0 bridgehead atoms. The van der Waals surface area contributed by atoms with Crippen LogP contribution >= 0.6 is 0 Å². The van der Waals surface area contributed by atoms with Crippen LogP contribution in [0.5, 0.6) is 0 Å². The predicted molar refractivity (Wildman–Crippen MR) is 69.8 cm³/mol. The Morgan fingerprint density at radius 3 is 3.00 bits per heavy atom. The van der Waals surface area contributed by atoms with Crippen LogP contribution in [0.25, 0.3) is 6.08 Å². The van der Waals surface area contributed by atoms with Gasteiger partial charge in [0.05, 0.1) is 6.10 Å². The van der Waals surface area contributed by atoms with Crippen molar-refractivity contribution in [3.8, 4) is 6.07 Å². The number of ether oxygens (including phenoxy) is 1. The smallest absolute Gasteiger partial charge is 0.262 e. The first-order chi connectivity index (χ1) is 9.29. The Morgan fingerprint density at radius 2 is 2.37 bits per heavy atom. The molecular formula is C14H15N3O2.